The Morgan fingerprint density at radius 1 is 1.25 bits per heavy atom. The minimum absolute atomic E-state index is 0.409. The lowest BCUT2D eigenvalue weighted by Crippen LogP contribution is -2.06. The summed E-state index contributed by atoms with van der Waals surface area (Å²) in [5.41, 5.74) is 9.95. The summed E-state index contributed by atoms with van der Waals surface area (Å²) in [6.45, 7) is 2.48. The van der Waals surface area contributed by atoms with Gasteiger partial charge in [-0.1, -0.05) is 23.4 Å². The number of rotatable bonds is 4. The number of hydrogen-bond acceptors (Lipinski definition) is 4. The molecule has 0 spiro atoms. The Labute approximate surface area is 121 Å². The van der Waals surface area contributed by atoms with Gasteiger partial charge in [-0.2, -0.15) is 0 Å². The molecule has 102 valence electrons. The molecular formula is C15H16N4S. The Kier molecular flexibility index (Phi) is 3.62. The maximum absolute atomic E-state index is 5.79. The second-order valence-corrected chi connectivity index (χ2v) is 5.73. The van der Waals surface area contributed by atoms with Gasteiger partial charge in [-0.05, 0) is 36.1 Å². The van der Waals surface area contributed by atoms with Gasteiger partial charge in [-0.15, -0.1) is 16.4 Å². The van der Waals surface area contributed by atoms with Crippen LogP contribution >= 0.6 is 11.3 Å². The van der Waals surface area contributed by atoms with Crippen LogP contribution in [-0.2, 0) is 13.0 Å². The topological polar surface area (TPSA) is 56.7 Å². The zero-order valence-electron chi connectivity index (χ0n) is 11.3. The van der Waals surface area contributed by atoms with Crippen molar-refractivity contribution >= 4 is 11.3 Å². The Morgan fingerprint density at radius 2 is 2.15 bits per heavy atom. The minimum atomic E-state index is 0.409. The first-order valence-corrected chi connectivity index (χ1v) is 7.39. The largest absolute Gasteiger partial charge is 0.325 e. The van der Waals surface area contributed by atoms with E-state index in [2.05, 4.69) is 46.9 Å². The van der Waals surface area contributed by atoms with Crippen molar-refractivity contribution in [3.8, 4) is 5.69 Å². The quantitative estimate of drug-likeness (QED) is 0.801. The summed E-state index contributed by atoms with van der Waals surface area (Å²) in [6.07, 6.45) is 0.811. The van der Waals surface area contributed by atoms with E-state index < -0.39 is 0 Å². The van der Waals surface area contributed by atoms with Gasteiger partial charge in [0, 0.05) is 17.8 Å². The average Bonchev–Trinajstić information content (AvgIpc) is 3.08. The zero-order chi connectivity index (χ0) is 13.9. The summed E-state index contributed by atoms with van der Waals surface area (Å²) in [5.74, 6) is 0. The van der Waals surface area contributed by atoms with Gasteiger partial charge in [0.15, 0.2) is 0 Å². The highest BCUT2D eigenvalue weighted by molar-refractivity contribution is 7.09. The number of thiophene rings is 1. The molecule has 2 heterocycles. The lowest BCUT2D eigenvalue weighted by molar-refractivity contribution is 0.773. The second-order valence-electron chi connectivity index (χ2n) is 4.69. The molecule has 0 radical (unpaired) electrons. The molecule has 2 aromatic heterocycles. The molecule has 0 aliphatic carbocycles. The summed E-state index contributed by atoms with van der Waals surface area (Å²) >= 11 is 1.74. The van der Waals surface area contributed by atoms with Crippen molar-refractivity contribution in [2.75, 3.05) is 0 Å². The van der Waals surface area contributed by atoms with Crippen molar-refractivity contribution in [3.05, 3.63) is 63.6 Å². The Morgan fingerprint density at radius 3 is 2.85 bits per heavy atom. The van der Waals surface area contributed by atoms with Crippen molar-refractivity contribution in [2.45, 2.75) is 19.9 Å². The SMILES string of the molecule is Cc1cccc(-n2nnc(CN)c2Cc2cccs2)c1. The predicted molar refractivity (Wildman–Crippen MR) is 81.1 cm³/mol. The maximum Gasteiger partial charge on any atom is 0.100 e. The lowest BCUT2D eigenvalue weighted by atomic mass is 10.2. The normalized spacial score (nSPS) is 10.9. The molecule has 0 bridgehead atoms. The van der Waals surface area contributed by atoms with Crippen LogP contribution in [0.1, 0.15) is 21.8 Å². The molecule has 1 aromatic carbocycles. The molecule has 0 aliphatic rings. The molecule has 0 aliphatic heterocycles. The molecule has 4 nitrogen and oxygen atoms in total. The number of benzene rings is 1. The molecule has 0 atom stereocenters. The van der Waals surface area contributed by atoms with Crippen LogP contribution in [0, 0.1) is 6.92 Å². The van der Waals surface area contributed by atoms with E-state index in [0.717, 1.165) is 23.5 Å². The van der Waals surface area contributed by atoms with E-state index in [1.54, 1.807) is 11.3 Å². The summed E-state index contributed by atoms with van der Waals surface area (Å²) in [6, 6.07) is 12.4. The first kappa shape index (κ1) is 13.0. The third kappa shape index (κ3) is 2.50. The maximum atomic E-state index is 5.79. The number of aryl methyl sites for hydroxylation is 1. The van der Waals surface area contributed by atoms with Crippen LogP contribution in [0.4, 0.5) is 0 Å². The average molecular weight is 284 g/mol. The number of aromatic nitrogens is 3. The monoisotopic (exact) mass is 284 g/mol. The van der Waals surface area contributed by atoms with Gasteiger partial charge < -0.3 is 5.73 Å². The third-order valence-electron chi connectivity index (χ3n) is 3.21. The molecule has 3 rings (SSSR count). The standard InChI is InChI=1S/C15H16N4S/c1-11-4-2-5-12(8-11)19-15(14(10-16)17-18-19)9-13-6-3-7-20-13/h2-8H,9-10,16H2,1H3. The Balaban J connectivity index is 2.05. The first-order chi connectivity index (χ1) is 9.78. The van der Waals surface area contributed by atoms with Gasteiger partial charge in [0.2, 0.25) is 0 Å². The summed E-state index contributed by atoms with van der Waals surface area (Å²) in [5, 5.41) is 10.6. The molecule has 3 aromatic rings. The zero-order valence-corrected chi connectivity index (χ0v) is 12.1. The van der Waals surface area contributed by atoms with Crippen molar-refractivity contribution in [1.29, 1.82) is 0 Å². The van der Waals surface area contributed by atoms with E-state index in [1.807, 2.05) is 16.8 Å². The second kappa shape index (κ2) is 5.56. The number of nitrogens with two attached hydrogens (primary N) is 1. The highest BCUT2D eigenvalue weighted by Gasteiger charge is 2.14. The van der Waals surface area contributed by atoms with Gasteiger partial charge >= 0.3 is 0 Å². The molecule has 20 heavy (non-hydrogen) atoms. The molecule has 5 heteroatoms. The Hall–Kier alpha value is -1.98. The fourth-order valence-electron chi connectivity index (χ4n) is 2.21. The van der Waals surface area contributed by atoms with Crippen LogP contribution in [0.2, 0.25) is 0 Å². The molecule has 0 fully saturated rings. The summed E-state index contributed by atoms with van der Waals surface area (Å²) in [4.78, 5) is 1.29. The molecular weight excluding hydrogens is 268 g/mol. The van der Waals surface area contributed by atoms with Crippen LogP contribution < -0.4 is 5.73 Å². The highest BCUT2D eigenvalue weighted by Crippen LogP contribution is 2.20. The molecule has 0 unspecified atom stereocenters. The lowest BCUT2D eigenvalue weighted by Gasteiger charge is -2.07. The minimum Gasteiger partial charge on any atom is -0.325 e. The summed E-state index contributed by atoms with van der Waals surface area (Å²) in [7, 11) is 0. The van der Waals surface area contributed by atoms with Crippen LogP contribution in [0.25, 0.3) is 5.69 Å². The fourth-order valence-corrected chi connectivity index (χ4v) is 2.92. The van der Waals surface area contributed by atoms with E-state index in [-0.39, 0.29) is 0 Å². The van der Waals surface area contributed by atoms with Crippen molar-refractivity contribution in [2.24, 2.45) is 5.73 Å². The van der Waals surface area contributed by atoms with Crippen LogP contribution in [0.5, 0.6) is 0 Å². The predicted octanol–water partition coefficient (Wildman–Crippen LogP) is 2.69. The Bertz CT molecular complexity index is 700. The number of nitrogens with zero attached hydrogens (tertiary/aromatic N) is 3. The van der Waals surface area contributed by atoms with Crippen LogP contribution in [-0.4, -0.2) is 15.0 Å². The van der Waals surface area contributed by atoms with Crippen molar-refractivity contribution < 1.29 is 0 Å². The molecule has 0 amide bonds. The van der Waals surface area contributed by atoms with E-state index in [1.165, 1.54) is 10.4 Å². The van der Waals surface area contributed by atoms with E-state index in [0.29, 0.717) is 6.54 Å². The van der Waals surface area contributed by atoms with E-state index in [4.69, 9.17) is 5.73 Å². The van der Waals surface area contributed by atoms with Crippen LogP contribution in [0.3, 0.4) is 0 Å². The van der Waals surface area contributed by atoms with Gasteiger partial charge in [0.1, 0.15) is 5.69 Å². The fraction of sp³-hybridized carbons (Fsp3) is 0.200. The molecule has 2 N–H and O–H groups in total. The van der Waals surface area contributed by atoms with E-state index >= 15 is 0 Å². The molecule has 0 saturated heterocycles. The highest BCUT2D eigenvalue weighted by atomic mass is 32.1. The van der Waals surface area contributed by atoms with Crippen molar-refractivity contribution in [3.63, 3.8) is 0 Å². The smallest absolute Gasteiger partial charge is 0.100 e. The summed E-state index contributed by atoms with van der Waals surface area (Å²) < 4.78 is 1.90. The van der Waals surface area contributed by atoms with E-state index in [9.17, 15) is 0 Å². The van der Waals surface area contributed by atoms with Gasteiger partial charge in [-0.3, -0.25) is 0 Å². The molecule has 0 saturated carbocycles. The van der Waals surface area contributed by atoms with Gasteiger partial charge in [0.05, 0.1) is 11.4 Å². The number of hydrogen-bond donors (Lipinski definition) is 1. The van der Waals surface area contributed by atoms with Gasteiger partial charge in [0.25, 0.3) is 0 Å². The third-order valence-corrected chi connectivity index (χ3v) is 4.08. The van der Waals surface area contributed by atoms with Gasteiger partial charge in [-0.25, -0.2) is 4.68 Å². The first-order valence-electron chi connectivity index (χ1n) is 6.51. The van der Waals surface area contributed by atoms with Crippen molar-refractivity contribution in [1.82, 2.24) is 15.0 Å². The van der Waals surface area contributed by atoms with Crippen LogP contribution in [0.15, 0.2) is 41.8 Å².